The van der Waals surface area contributed by atoms with E-state index in [-0.39, 0.29) is 11.8 Å². The minimum absolute atomic E-state index is 0.146. The number of nitrogen functional groups attached to an aromatic ring is 1. The Kier molecular flexibility index (Phi) is 3.97. The first-order valence-corrected chi connectivity index (χ1v) is 4.94. The van der Waals surface area contributed by atoms with Gasteiger partial charge in [-0.25, -0.2) is 0 Å². The van der Waals surface area contributed by atoms with E-state index < -0.39 is 12.3 Å². The molecule has 0 aliphatic heterocycles. The summed E-state index contributed by atoms with van der Waals surface area (Å²) in [7, 11) is 0. The monoisotopic (exact) mass is 250 g/mol. The lowest BCUT2D eigenvalue weighted by Gasteiger charge is -2.17. The number of hydrogen-bond donors (Lipinski definition) is 2. The van der Waals surface area contributed by atoms with E-state index in [1.165, 1.54) is 6.07 Å². The van der Waals surface area contributed by atoms with Crippen LogP contribution in [0.1, 0.15) is 13.8 Å². The highest BCUT2D eigenvalue weighted by molar-refractivity contribution is 5.42. The highest BCUT2D eigenvalue weighted by Gasteiger charge is 2.38. The molecule has 0 bridgehead atoms. The third kappa shape index (κ3) is 3.97. The maximum atomic E-state index is 12.3. The fourth-order valence-electron chi connectivity index (χ4n) is 1.02. The van der Waals surface area contributed by atoms with Crippen molar-refractivity contribution in [2.45, 2.75) is 26.1 Å². The van der Waals surface area contributed by atoms with Crippen molar-refractivity contribution in [3.05, 3.63) is 6.07 Å². The SMILES string of the molecule is CCNc1cc(OC(C)C(F)(F)F)nc(N)n1. The van der Waals surface area contributed by atoms with Crippen molar-refractivity contribution in [1.82, 2.24) is 9.97 Å². The summed E-state index contributed by atoms with van der Waals surface area (Å²) in [5, 5.41) is 2.81. The van der Waals surface area contributed by atoms with E-state index in [1.54, 1.807) is 0 Å². The Balaban J connectivity index is 2.84. The summed E-state index contributed by atoms with van der Waals surface area (Å²) in [5.74, 6) is -0.0320. The maximum absolute atomic E-state index is 12.3. The van der Waals surface area contributed by atoms with E-state index >= 15 is 0 Å². The molecule has 1 unspecified atom stereocenters. The van der Waals surface area contributed by atoms with Crippen LogP contribution in [-0.4, -0.2) is 28.8 Å². The van der Waals surface area contributed by atoms with E-state index in [1.807, 2.05) is 6.92 Å². The van der Waals surface area contributed by atoms with Gasteiger partial charge >= 0.3 is 6.18 Å². The molecule has 0 spiro atoms. The van der Waals surface area contributed by atoms with Gasteiger partial charge in [-0.15, -0.1) is 0 Å². The Hall–Kier alpha value is -1.73. The molecule has 1 atom stereocenters. The summed E-state index contributed by atoms with van der Waals surface area (Å²) in [5.41, 5.74) is 5.35. The van der Waals surface area contributed by atoms with Gasteiger partial charge in [0.25, 0.3) is 0 Å². The summed E-state index contributed by atoms with van der Waals surface area (Å²) in [6, 6.07) is 1.27. The number of aromatic nitrogens is 2. The van der Waals surface area contributed by atoms with Gasteiger partial charge in [0.1, 0.15) is 5.82 Å². The number of hydrogen-bond acceptors (Lipinski definition) is 5. The lowest BCUT2D eigenvalue weighted by molar-refractivity contribution is -0.189. The molecule has 96 valence electrons. The average molecular weight is 250 g/mol. The molecular weight excluding hydrogens is 237 g/mol. The van der Waals surface area contributed by atoms with E-state index in [0.717, 1.165) is 6.92 Å². The van der Waals surface area contributed by atoms with Gasteiger partial charge in [-0.2, -0.15) is 23.1 Å². The molecule has 0 aliphatic rings. The van der Waals surface area contributed by atoms with Gasteiger partial charge in [-0.3, -0.25) is 0 Å². The molecule has 0 fully saturated rings. The zero-order valence-corrected chi connectivity index (χ0v) is 9.38. The first kappa shape index (κ1) is 13.3. The fraction of sp³-hybridized carbons (Fsp3) is 0.556. The van der Waals surface area contributed by atoms with Crippen molar-refractivity contribution in [1.29, 1.82) is 0 Å². The van der Waals surface area contributed by atoms with E-state index in [2.05, 4.69) is 20.0 Å². The van der Waals surface area contributed by atoms with Gasteiger partial charge in [0.05, 0.1) is 0 Å². The summed E-state index contributed by atoms with van der Waals surface area (Å²) >= 11 is 0. The second-order valence-corrected chi connectivity index (χ2v) is 3.28. The Morgan fingerprint density at radius 2 is 2.12 bits per heavy atom. The highest BCUT2D eigenvalue weighted by Crippen LogP contribution is 2.25. The molecule has 8 heteroatoms. The Morgan fingerprint density at radius 3 is 2.65 bits per heavy atom. The summed E-state index contributed by atoms with van der Waals surface area (Å²) in [6.45, 7) is 3.27. The van der Waals surface area contributed by atoms with Crippen molar-refractivity contribution >= 4 is 11.8 Å². The number of ether oxygens (including phenoxy) is 1. The Bertz CT molecular complexity index is 383. The van der Waals surface area contributed by atoms with Gasteiger partial charge < -0.3 is 15.8 Å². The molecule has 1 rings (SSSR count). The van der Waals surface area contributed by atoms with Crippen LogP contribution in [0.25, 0.3) is 0 Å². The number of halogens is 3. The van der Waals surface area contributed by atoms with E-state index in [4.69, 9.17) is 5.73 Å². The van der Waals surface area contributed by atoms with Crippen LogP contribution in [0, 0.1) is 0 Å². The first-order chi connectivity index (χ1) is 7.82. The van der Waals surface area contributed by atoms with Crippen molar-refractivity contribution < 1.29 is 17.9 Å². The van der Waals surface area contributed by atoms with Crippen molar-refractivity contribution in [3.63, 3.8) is 0 Å². The molecule has 0 aromatic carbocycles. The second kappa shape index (κ2) is 5.07. The summed E-state index contributed by atoms with van der Waals surface area (Å²) in [4.78, 5) is 7.36. The van der Waals surface area contributed by atoms with Crippen LogP contribution in [0.4, 0.5) is 24.9 Å². The fourth-order valence-corrected chi connectivity index (χ4v) is 1.02. The predicted molar refractivity (Wildman–Crippen MR) is 56.8 cm³/mol. The average Bonchev–Trinajstić information content (AvgIpc) is 2.15. The van der Waals surface area contributed by atoms with E-state index in [9.17, 15) is 13.2 Å². The molecular formula is C9H13F3N4O. The number of nitrogens with one attached hydrogen (secondary N) is 1. The number of nitrogens with zero attached hydrogens (tertiary/aromatic N) is 2. The number of alkyl halides is 3. The maximum Gasteiger partial charge on any atom is 0.425 e. The van der Waals surface area contributed by atoms with Crippen molar-refractivity contribution in [2.75, 3.05) is 17.6 Å². The third-order valence-electron chi connectivity index (χ3n) is 1.84. The van der Waals surface area contributed by atoms with Crippen molar-refractivity contribution in [2.24, 2.45) is 0 Å². The molecule has 1 heterocycles. The van der Waals surface area contributed by atoms with Crippen LogP contribution in [0.15, 0.2) is 6.07 Å². The van der Waals surface area contributed by atoms with Crippen LogP contribution in [0.5, 0.6) is 5.88 Å². The molecule has 3 N–H and O–H groups in total. The smallest absolute Gasteiger partial charge is 0.425 e. The van der Waals surface area contributed by atoms with Crippen LogP contribution >= 0.6 is 0 Å². The highest BCUT2D eigenvalue weighted by atomic mass is 19.4. The predicted octanol–water partition coefficient (Wildman–Crippen LogP) is 1.82. The third-order valence-corrected chi connectivity index (χ3v) is 1.84. The second-order valence-electron chi connectivity index (χ2n) is 3.28. The quantitative estimate of drug-likeness (QED) is 0.852. The summed E-state index contributed by atoms with van der Waals surface area (Å²) < 4.78 is 41.5. The van der Waals surface area contributed by atoms with Crippen LogP contribution in [0.2, 0.25) is 0 Å². The number of nitrogens with two attached hydrogens (primary N) is 1. The molecule has 0 saturated heterocycles. The first-order valence-electron chi connectivity index (χ1n) is 4.94. The molecule has 1 aromatic heterocycles. The zero-order valence-electron chi connectivity index (χ0n) is 9.38. The Morgan fingerprint density at radius 1 is 1.47 bits per heavy atom. The van der Waals surface area contributed by atoms with Crippen LogP contribution < -0.4 is 15.8 Å². The van der Waals surface area contributed by atoms with Gasteiger partial charge in [-0.05, 0) is 13.8 Å². The topological polar surface area (TPSA) is 73.1 Å². The molecule has 0 amide bonds. The lowest BCUT2D eigenvalue weighted by Crippen LogP contribution is -2.31. The summed E-state index contributed by atoms with van der Waals surface area (Å²) in [6.07, 6.45) is -6.40. The van der Waals surface area contributed by atoms with Crippen LogP contribution in [0.3, 0.4) is 0 Å². The van der Waals surface area contributed by atoms with E-state index in [0.29, 0.717) is 12.4 Å². The normalized spacial score (nSPS) is 13.2. The van der Waals surface area contributed by atoms with Gasteiger partial charge in [0, 0.05) is 12.6 Å². The van der Waals surface area contributed by atoms with Gasteiger partial charge in [-0.1, -0.05) is 0 Å². The molecule has 0 radical (unpaired) electrons. The number of rotatable bonds is 4. The molecule has 5 nitrogen and oxygen atoms in total. The zero-order chi connectivity index (χ0) is 13.1. The largest absolute Gasteiger partial charge is 0.465 e. The molecule has 1 aromatic rings. The molecule has 0 saturated carbocycles. The van der Waals surface area contributed by atoms with Crippen molar-refractivity contribution in [3.8, 4) is 5.88 Å². The molecule has 17 heavy (non-hydrogen) atoms. The Labute approximate surface area is 96.2 Å². The minimum atomic E-state index is -4.45. The number of anilines is 2. The van der Waals surface area contributed by atoms with Gasteiger partial charge in [0.15, 0.2) is 6.10 Å². The molecule has 0 aliphatic carbocycles. The lowest BCUT2D eigenvalue weighted by atomic mass is 10.4. The van der Waals surface area contributed by atoms with Gasteiger partial charge in [0.2, 0.25) is 11.8 Å². The van der Waals surface area contributed by atoms with Crippen LogP contribution in [-0.2, 0) is 0 Å². The minimum Gasteiger partial charge on any atom is -0.465 e. The standard InChI is InChI=1S/C9H13F3N4O/c1-3-14-6-4-7(16-8(13)15-6)17-5(2)9(10,11)12/h4-5H,3H2,1-2H3,(H3,13,14,15,16).